The van der Waals surface area contributed by atoms with E-state index in [1.54, 1.807) is 12.4 Å². The first-order valence-corrected chi connectivity index (χ1v) is 13.9. The van der Waals surface area contributed by atoms with E-state index in [4.69, 9.17) is 4.98 Å². The SMILES string of the molecule is CN1CCN(CCN2CCN(C(=O)c3cc4cc(Cc5nccc(-c6ccccn6)n5)ccc4[nH]3)CC2)CC1. The predicted molar refractivity (Wildman–Crippen MR) is 153 cm³/mol. The molecule has 4 aromatic rings. The Hall–Kier alpha value is -3.66. The molecule has 9 nitrogen and oxygen atoms in total. The van der Waals surface area contributed by atoms with Gasteiger partial charge >= 0.3 is 0 Å². The van der Waals surface area contributed by atoms with Gasteiger partial charge in [0.25, 0.3) is 5.91 Å². The summed E-state index contributed by atoms with van der Waals surface area (Å²) in [5, 5.41) is 1.03. The molecular weight excluding hydrogens is 488 g/mol. The number of carbonyl (C=O) groups excluding carboxylic acids is 1. The minimum Gasteiger partial charge on any atom is -0.351 e. The van der Waals surface area contributed by atoms with Crippen molar-refractivity contribution in [3.63, 3.8) is 0 Å². The molecule has 1 aromatic carbocycles. The van der Waals surface area contributed by atoms with Crippen LogP contribution >= 0.6 is 0 Å². The number of amides is 1. The van der Waals surface area contributed by atoms with Crippen molar-refractivity contribution in [3.8, 4) is 11.4 Å². The van der Waals surface area contributed by atoms with Crippen LogP contribution in [0.3, 0.4) is 0 Å². The van der Waals surface area contributed by atoms with Gasteiger partial charge < -0.3 is 14.8 Å². The number of rotatable bonds is 7. The Morgan fingerprint density at radius 2 is 1.59 bits per heavy atom. The second kappa shape index (κ2) is 11.6. The summed E-state index contributed by atoms with van der Waals surface area (Å²) in [7, 11) is 2.19. The summed E-state index contributed by atoms with van der Waals surface area (Å²) in [6.45, 7) is 10.2. The molecule has 2 aliphatic heterocycles. The highest BCUT2D eigenvalue weighted by atomic mass is 16.2. The smallest absolute Gasteiger partial charge is 0.270 e. The number of likely N-dealkylation sites (N-methyl/N-ethyl adjacent to an activating group) is 1. The number of carbonyl (C=O) groups is 1. The summed E-state index contributed by atoms with van der Waals surface area (Å²) in [5.41, 5.74) is 4.38. The van der Waals surface area contributed by atoms with Gasteiger partial charge in [-0.1, -0.05) is 12.1 Å². The van der Waals surface area contributed by atoms with Crippen LogP contribution in [0.4, 0.5) is 0 Å². The van der Waals surface area contributed by atoms with Crippen LogP contribution in [0.1, 0.15) is 21.9 Å². The van der Waals surface area contributed by atoms with Crippen LogP contribution in [-0.2, 0) is 6.42 Å². The first-order valence-electron chi connectivity index (χ1n) is 13.9. The maximum atomic E-state index is 13.3. The number of nitrogens with one attached hydrogen (secondary N) is 1. The van der Waals surface area contributed by atoms with Crippen LogP contribution in [0.5, 0.6) is 0 Å². The summed E-state index contributed by atoms with van der Waals surface area (Å²) in [5.74, 6) is 0.827. The molecule has 1 N–H and O–H groups in total. The van der Waals surface area contributed by atoms with Gasteiger partial charge in [-0.25, -0.2) is 9.97 Å². The van der Waals surface area contributed by atoms with Gasteiger partial charge in [-0.15, -0.1) is 0 Å². The highest BCUT2D eigenvalue weighted by Crippen LogP contribution is 2.21. The fourth-order valence-electron chi connectivity index (χ4n) is 5.43. The minimum atomic E-state index is 0.0814. The van der Waals surface area contributed by atoms with E-state index < -0.39 is 0 Å². The van der Waals surface area contributed by atoms with E-state index in [0.717, 1.165) is 99.1 Å². The fourth-order valence-corrected chi connectivity index (χ4v) is 5.43. The van der Waals surface area contributed by atoms with Gasteiger partial charge in [0.1, 0.15) is 11.5 Å². The molecule has 0 unspecified atom stereocenters. The lowest BCUT2D eigenvalue weighted by molar-refractivity contribution is 0.0605. The normalized spacial score (nSPS) is 17.6. The van der Waals surface area contributed by atoms with Gasteiger partial charge in [0.15, 0.2) is 0 Å². The van der Waals surface area contributed by atoms with Crippen molar-refractivity contribution in [2.45, 2.75) is 6.42 Å². The van der Waals surface area contributed by atoms with Crippen molar-refractivity contribution < 1.29 is 4.79 Å². The molecular formula is C30H36N8O. The van der Waals surface area contributed by atoms with Crippen molar-refractivity contribution in [2.75, 3.05) is 72.5 Å². The number of pyridine rings is 1. The van der Waals surface area contributed by atoms with E-state index in [1.807, 2.05) is 41.3 Å². The van der Waals surface area contributed by atoms with Crippen LogP contribution in [0.2, 0.25) is 0 Å². The standard InChI is InChI=1S/C30H36N8O/c1-35-10-12-36(13-11-35)14-15-37-16-18-38(19-17-37)30(39)28-22-24-20-23(5-6-25(24)33-28)21-29-32-9-7-27(34-29)26-4-2-3-8-31-26/h2-9,20,22,33H,10-19,21H2,1H3. The van der Waals surface area contributed by atoms with E-state index in [9.17, 15) is 4.79 Å². The Balaban J connectivity index is 1.05. The lowest BCUT2D eigenvalue weighted by Crippen LogP contribution is -2.52. The molecule has 0 aliphatic carbocycles. The molecule has 0 saturated carbocycles. The molecule has 2 aliphatic rings. The molecule has 2 fully saturated rings. The quantitative estimate of drug-likeness (QED) is 0.398. The zero-order valence-corrected chi connectivity index (χ0v) is 22.6. The second-order valence-electron chi connectivity index (χ2n) is 10.6. The van der Waals surface area contributed by atoms with Crippen LogP contribution in [-0.4, -0.2) is 118 Å². The van der Waals surface area contributed by atoms with Gasteiger partial charge in [-0.3, -0.25) is 19.6 Å². The number of hydrogen-bond acceptors (Lipinski definition) is 7. The average molecular weight is 525 g/mol. The zero-order chi connectivity index (χ0) is 26.6. The molecule has 9 heteroatoms. The molecule has 0 atom stereocenters. The monoisotopic (exact) mass is 524 g/mol. The maximum Gasteiger partial charge on any atom is 0.270 e. The van der Waals surface area contributed by atoms with Crippen molar-refractivity contribution in [1.82, 2.24) is 39.5 Å². The third kappa shape index (κ3) is 6.16. The van der Waals surface area contributed by atoms with Gasteiger partial charge in [-0.2, -0.15) is 0 Å². The van der Waals surface area contributed by atoms with E-state index in [2.05, 4.69) is 48.8 Å². The number of nitrogens with zero attached hydrogens (tertiary/aromatic N) is 7. The Bertz CT molecular complexity index is 1410. The lowest BCUT2D eigenvalue weighted by atomic mass is 10.1. The lowest BCUT2D eigenvalue weighted by Gasteiger charge is -2.37. The number of piperazine rings is 2. The molecule has 0 spiro atoms. The highest BCUT2D eigenvalue weighted by molar-refractivity contribution is 5.98. The Morgan fingerprint density at radius 1 is 0.821 bits per heavy atom. The third-order valence-electron chi connectivity index (χ3n) is 7.90. The maximum absolute atomic E-state index is 13.3. The van der Waals surface area contributed by atoms with Crippen LogP contribution < -0.4 is 0 Å². The molecule has 1 amide bonds. The second-order valence-corrected chi connectivity index (χ2v) is 10.6. The molecule has 3 aromatic heterocycles. The molecule has 0 bridgehead atoms. The van der Waals surface area contributed by atoms with Crippen molar-refractivity contribution >= 4 is 16.8 Å². The Labute approximate surface area is 229 Å². The summed E-state index contributed by atoms with van der Waals surface area (Å²) < 4.78 is 0. The topological polar surface area (TPSA) is 84.5 Å². The number of aromatic amines is 1. The summed E-state index contributed by atoms with van der Waals surface area (Å²) >= 11 is 0. The van der Waals surface area contributed by atoms with Gasteiger partial charge in [0.2, 0.25) is 0 Å². The summed E-state index contributed by atoms with van der Waals surface area (Å²) in [4.78, 5) is 39.6. The Kier molecular flexibility index (Phi) is 7.62. The minimum absolute atomic E-state index is 0.0814. The number of benzene rings is 1. The van der Waals surface area contributed by atoms with E-state index in [-0.39, 0.29) is 5.91 Å². The Morgan fingerprint density at radius 3 is 2.33 bits per heavy atom. The van der Waals surface area contributed by atoms with Crippen LogP contribution in [0.25, 0.3) is 22.3 Å². The zero-order valence-electron chi connectivity index (χ0n) is 22.6. The number of hydrogen-bond donors (Lipinski definition) is 1. The largest absolute Gasteiger partial charge is 0.351 e. The highest BCUT2D eigenvalue weighted by Gasteiger charge is 2.24. The first kappa shape index (κ1) is 25.6. The summed E-state index contributed by atoms with van der Waals surface area (Å²) in [6.07, 6.45) is 4.16. The van der Waals surface area contributed by atoms with E-state index >= 15 is 0 Å². The van der Waals surface area contributed by atoms with Crippen LogP contribution in [0, 0.1) is 0 Å². The number of H-pyrrole nitrogens is 1. The van der Waals surface area contributed by atoms with Gasteiger partial charge in [0.05, 0.1) is 11.4 Å². The van der Waals surface area contributed by atoms with Gasteiger partial charge in [-0.05, 0) is 49.0 Å². The van der Waals surface area contributed by atoms with E-state index in [0.29, 0.717) is 12.1 Å². The fraction of sp³-hybridized carbons (Fsp3) is 0.400. The predicted octanol–water partition coefficient (Wildman–Crippen LogP) is 2.62. The molecule has 2 saturated heterocycles. The van der Waals surface area contributed by atoms with Crippen molar-refractivity contribution in [2.24, 2.45) is 0 Å². The molecule has 6 rings (SSSR count). The third-order valence-corrected chi connectivity index (χ3v) is 7.90. The number of aromatic nitrogens is 4. The van der Waals surface area contributed by atoms with E-state index in [1.165, 1.54) is 0 Å². The molecule has 5 heterocycles. The van der Waals surface area contributed by atoms with Crippen LogP contribution in [0.15, 0.2) is 60.9 Å². The van der Waals surface area contributed by atoms with Crippen molar-refractivity contribution in [1.29, 1.82) is 0 Å². The number of fused-ring (bicyclic) bond motifs is 1. The molecule has 0 radical (unpaired) electrons. The molecule has 202 valence electrons. The van der Waals surface area contributed by atoms with Gasteiger partial charge in [0, 0.05) is 95.2 Å². The van der Waals surface area contributed by atoms with Crippen molar-refractivity contribution in [3.05, 3.63) is 78.0 Å². The first-order chi connectivity index (χ1) is 19.1. The summed E-state index contributed by atoms with van der Waals surface area (Å²) in [6, 6.07) is 15.9. The average Bonchev–Trinajstić information content (AvgIpc) is 3.41. The molecule has 39 heavy (non-hydrogen) atoms.